The number of halogens is 3. The molecule has 8 nitrogen and oxygen atoms in total. The summed E-state index contributed by atoms with van der Waals surface area (Å²) in [5, 5.41) is 15.9. The highest BCUT2D eigenvalue weighted by atomic mass is 32.1. The van der Waals surface area contributed by atoms with Gasteiger partial charge in [-0.1, -0.05) is 6.07 Å². The van der Waals surface area contributed by atoms with Crippen molar-refractivity contribution in [1.82, 2.24) is 10.6 Å². The highest BCUT2D eigenvalue weighted by Crippen LogP contribution is 2.49. The summed E-state index contributed by atoms with van der Waals surface area (Å²) in [5.74, 6) is -2.97. The summed E-state index contributed by atoms with van der Waals surface area (Å²) >= 11 is 0.913. The van der Waals surface area contributed by atoms with Crippen molar-refractivity contribution in [2.45, 2.75) is 17.9 Å². The second-order valence-electron chi connectivity index (χ2n) is 6.58. The van der Waals surface area contributed by atoms with Crippen molar-refractivity contribution in [1.29, 1.82) is 0 Å². The van der Waals surface area contributed by atoms with E-state index >= 15 is 0 Å². The molecular weight excluding hydrogens is 441 g/mol. The molecule has 1 aliphatic heterocycles. The van der Waals surface area contributed by atoms with E-state index < -0.39 is 35.7 Å². The molecule has 2 aromatic rings. The molecule has 168 valence electrons. The second kappa shape index (κ2) is 8.27. The number of ketones is 1. The molecule has 0 bridgehead atoms. The van der Waals surface area contributed by atoms with E-state index in [4.69, 9.17) is 14.2 Å². The largest absolute Gasteiger partial charge is 0.493 e. The highest BCUT2D eigenvalue weighted by Gasteiger charge is 2.66. The van der Waals surface area contributed by atoms with Crippen LogP contribution < -0.4 is 24.8 Å². The molecule has 2 heterocycles. The SMILES string of the molecule is COc1ccc([C@@H]2NC(=O)N[C@@](O)(C(F)(F)F)[C@H]2C(=O)c2cccs2)c(OC)c1OC. The fourth-order valence-electron chi connectivity index (χ4n) is 3.54. The van der Waals surface area contributed by atoms with E-state index in [0.717, 1.165) is 11.3 Å². The number of aliphatic hydroxyl groups is 1. The topological polar surface area (TPSA) is 106 Å². The van der Waals surface area contributed by atoms with Crippen LogP contribution in [-0.4, -0.2) is 50.2 Å². The first kappa shape index (κ1) is 22.7. The maximum atomic E-state index is 14.0. The molecule has 0 spiro atoms. The Morgan fingerprint density at radius 2 is 1.81 bits per heavy atom. The summed E-state index contributed by atoms with van der Waals surface area (Å²) in [5.41, 5.74) is -3.84. The summed E-state index contributed by atoms with van der Waals surface area (Å²) in [4.78, 5) is 25.3. The van der Waals surface area contributed by atoms with Gasteiger partial charge in [0.1, 0.15) is 5.92 Å². The number of Topliss-reactive ketones (excluding diaryl/α,β-unsaturated/α-hetero) is 1. The van der Waals surface area contributed by atoms with Gasteiger partial charge >= 0.3 is 12.2 Å². The molecule has 0 unspecified atom stereocenters. The average Bonchev–Trinajstić information content (AvgIpc) is 3.25. The number of benzene rings is 1. The van der Waals surface area contributed by atoms with Gasteiger partial charge in [-0.15, -0.1) is 11.3 Å². The molecule has 12 heteroatoms. The van der Waals surface area contributed by atoms with Gasteiger partial charge in [0.15, 0.2) is 17.3 Å². The molecule has 3 atom stereocenters. The highest BCUT2D eigenvalue weighted by molar-refractivity contribution is 7.12. The first-order chi connectivity index (χ1) is 14.6. The zero-order valence-electron chi connectivity index (χ0n) is 16.6. The number of amides is 2. The molecule has 1 saturated heterocycles. The van der Waals surface area contributed by atoms with E-state index in [1.807, 2.05) is 0 Å². The van der Waals surface area contributed by atoms with E-state index in [-0.39, 0.29) is 27.7 Å². The average molecular weight is 460 g/mol. The Balaban J connectivity index is 2.26. The monoisotopic (exact) mass is 460 g/mol. The minimum atomic E-state index is -5.36. The van der Waals surface area contributed by atoms with Crippen molar-refractivity contribution in [2.24, 2.45) is 5.92 Å². The Labute approximate surface area is 178 Å². The fraction of sp³-hybridized carbons (Fsp3) is 0.368. The standard InChI is InChI=1S/C19H19F3N2O6S/c1-28-10-7-6-9(15(29-2)16(10)30-3)13-12(14(25)11-5-4-8-31-11)18(27,19(20,21)22)24-17(26)23-13/h4-8,12-13,27H,1-3H3,(H2,23,24,26)/t12-,13+,18+/m1/s1. The molecule has 3 rings (SSSR count). The fourth-order valence-corrected chi connectivity index (χ4v) is 4.24. The maximum Gasteiger partial charge on any atom is 0.437 e. The summed E-state index contributed by atoms with van der Waals surface area (Å²) in [7, 11) is 3.90. The molecule has 31 heavy (non-hydrogen) atoms. The predicted octanol–water partition coefficient (Wildman–Crippen LogP) is 2.88. The van der Waals surface area contributed by atoms with E-state index in [1.54, 1.807) is 0 Å². The van der Waals surface area contributed by atoms with Crippen LogP contribution in [0, 0.1) is 5.92 Å². The van der Waals surface area contributed by atoms with E-state index in [9.17, 15) is 27.9 Å². The third kappa shape index (κ3) is 3.76. The van der Waals surface area contributed by atoms with Crippen LogP contribution in [0.3, 0.4) is 0 Å². The normalized spacial score (nSPS) is 23.5. The van der Waals surface area contributed by atoms with Crippen molar-refractivity contribution >= 4 is 23.2 Å². The Morgan fingerprint density at radius 1 is 1.13 bits per heavy atom. The number of methoxy groups -OCH3 is 3. The molecule has 0 saturated carbocycles. The summed E-state index contributed by atoms with van der Waals surface area (Å²) in [6.07, 6.45) is -5.36. The number of carbonyl (C=O) groups is 2. The van der Waals surface area contributed by atoms with Crippen molar-refractivity contribution in [3.63, 3.8) is 0 Å². The van der Waals surface area contributed by atoms with Crippen LogP contribution in [0.2, 0.25) is 0 Å². The minimum absolute atomic E-state index is 0.00687. The van der Waals surface area contributed by atoms with Gasteiger partial charge in [-0.25, -0.2) is 4.79 Å². The third-order valence-corrected chi connectivity index (χ3v) is 5.81. The number of rotatable bonds is 6. The molecule has 1 aromatic heterocycles. The molecule has 2 amide bonds. The number of thiophene rings is 1. The van der Waals surface area contributed by atoms with Crippen molar-refractivity contribution in [3.05, 3.63) is 40.1 Å². The van der Waals surface area contributed by atoms with Gasteiger partial charge in [-0.05, 0) is 23.6 Å². The van der Waals surface area contributed by atoms with Gasteiger partial charge in [0.2, 0.25) is 11.5 Å². The molecule has 3 N–H and O–H groups in total. The van der Waals surface area contributed by atoms with Gasteiger partial charge in [0.25, 0.3) is 0 Å². The number of urea groups is 1. The van der Waals surface area contributed by atoms with Gasteiger partial charge < -0.3 is 30.0 Å². The third-order valence-electron chi connectivity index (χ3n) is 4.92. The van der Waals surface area contributed by atoms with Crippen LogP contribution in [-0.2, 0) is 0 Å². The summed E-state index contributed by atoms with van der Waals surface area (Å²) < 4.78 is 57.7. The molecule has 0 aliphatic carbocycles. The number of nitrogens with one attached hydrogen (secondary N) is 2. The van der Waals surface area contributed by atoms with Gasteiger partial charge in [-0.3, -0.25) is 4.79 Å². The first-order valence-corrected chi connectivity index (χ1v) is 9.71. The first-order valence-electron chi connectivity index (χ1n) is 8.83. The zero-order chi connectivity index (χ0) is 23.0. The Morgan fingerprint density at radius 3 is 2.32 bits per heavy atom. The molecule has 1 aliphatic rings. The summed E-state index contributed by atoms with van der Waals surface area (Å²) in [6, 6.07) is 2.64. The minimum Gasteiger partial charge on any atom is -0.493 e. The van der Waals surface area contributed by atoms with Crippen LogP contribution in [0.25, 0.3) is 0 Å². The van der Waals surface area contributed by atoms with Crippen LogP contribution in [0.1, 0.15) is 21.3 Å². The lowest BCUT2D eigenvalue weighted by Crippen LogP contribution is -2.72. The maximum absolute atomic E-state index is 14.0. The van der Waals surface area contributed by atoms with Crippen LogP contribution in [0.15, 0.2) is 29.6 Å². The molecule has 0 radical (unpaired) electrons. The van der Waals surface area contributed by atoms with Crippen LogP contribution >= 0.6 is 11.3 Å². The molecule has 1 aromatic carbocycles. The zero-order valence-corrected chi connectivity index (χ0v) is 17.4. The van der Waals surface area contributed by atoms with Gasteiger partial charge in [0.05, 0.1) is 32.2 Å². The number of hydrogen-bond donors (Lipinski definition) is 3. The second-order valence-corrected chi connectivity index (χ2v) is 7.53. The van der Waals surface area contributed by atoms with Gasteiger partial charge in [0, 0.05) is 5.56 Å². The molecule has 1 fully saturated rings. The lowest BCUT2D eigenvalue weighted by Gasteiger charge is -2.45. The van der Waals surface area contributed by atoms with Crippen molar-refractivity contribution in [3.8, 4) is 17.2 Å². The van der Waals surface area contributed by atoms with Crippen LogP contribution in [0.4, 0.5) is 18.0 Å². The quantitative estimate of drug-likeness (QED) is 0.573. The van der Waals surface area contributed by atoms with Crippen molar-refractivity contribution in [2.75, 3.05) is 21.3 Å². The lowest BCUT2D eigenvalue weighted by atomic mass is 9.78. The Bertz CT molecular complexity index is 982. The Kier molecular flexibility index (Phi) is 6.05. The predicted molar refractivity (Wildman–Crippen MR) is 104 cm³/mol. The lowest BCUT2D eigenvalue weighted by molar-refractivity contribution is -0.287. The smallest absolute Gasteiger partial charge is 0.437 e. The van der Waals surface area contributed by atoms with E-state index in [2.05, 4.69) is 5.32 Å². The van der Waals surface area contributed by atoms with E-state index in [1.165, 1.54) is 56.3 Å². The van der Waals surface area contributed by atoms with Crippen molar-refractivity contribution < 1.29 is 42.1 Å². The summed E-state index contributed by atoms with van der Waals surface area (Å²) in [6.45, 7) is 0. The number of carbonyl (C=O) groups excluding carboxylic acids is 2. The number of ether oxygens (including phenoxy) is 3. The van der Waals surface area contributed by atoms with Crippen LogP contribution in [0.5, 0.6) is 17.2 Å². The number of hydrogen-bond acceptors (Lipinski definition) is 7. The van der Waals surface area contributed by atoms with Gasteiger partial charge in [-0.2, -0.15) is 13.2 Å². The van der Waals surface area contributed by atoms with E-state index in [0.29, 0.717) is 0 Å². The molecular formula is C19H19F3N2O6S. The Hall–Kier alpha value is -2.99. The number of alkyl halides is 3.